The molecule has 0 fully saturated rings. The van der Waals surface area contributed by atoms with Crippen LogP contribution in [0, 0.1) is 0 Å². The Bertz CT molecular complexity index is 1270. The van der Waals surface area contributed by atoms with E-state index in [-0.39, 0.29) is 12.0 Å². The number of methoxy groups -OCH3 is 2. The third-order valence-electron chi connectivity index (χ3n) is 6.26. The molecule has 34 heavy (non-hydrogen) atoms. The van der Waals surface area contributed by atoms with E-state index in [1.54, 1.807) is 14.2 Å². The molecule has 176 valence electrons. The molecule has 2 aromatic carbocycles. The van der Waals surface area contributed by atoms with Crippen molar-refractivity contribution in [3.63, 3.8) is 0 Å². The lowest BCUT2D eigenvalue weighted by atomic mass is 9.97. The fourth-order valence-electron chi connectivity index (χ4n) is 4.59. The van der Waals surface area contributed by atoms with Crippen LogP contribution in [0.15, 0.2) is 54.7 Å². The van der Waals surface area contributed by atoms with E-state index < -0.39 is 0 Å². The predicted octanol–water partition coefficient (Wildman–Crippen LogP) is 3.60. The zero-order valence-electron chi connectivity index (χ0n) is 19.9. The monoisotopic (exact) mass is 459 g/mol. The lowest BCUT2D eigenvalue weighted by Crippen LogP contribution is -2.39. The Morgan fingerprint density at radius 1 is 1.03 bits per heavy atom. The van der Waals surface area contributed by atoms with E-state index in [2.05, 4.69) is 52.6 Å². The van der Waals surface area contributed by atoms with Crippen LogP contribution in [0.1, 0.15) is 48.5 Å². The van der Waals surface area contributed by atoms with Gasteiger partial charge in [0.25, 0.3) is 0 Å². The number of para-hydroxylation sites is 1. The number of rotatable bonds is 7. The minimum atomic E-state index is -0.144. The first-order chi connectivity index (χ1) is 16.6. The lowest BCUT2D eigenvalue weighted by Gasteiger charge is -2.35. The summed E-state index contributed by atoms with van der Waals surface area (Å²) < 4.78 is 15.0. The Morgan fingerprint density at radius 2 is 1.85 bits per heavy atom. The van der Waals surface area contributed by atoms with Crippen molar-refractivity contribution in [2.45, 2.75) is 38.9 Å². The number of fused-ring (bicyclic) bond motifs is 1. The minimum Gasteiger partial charge on any atom is -0.497 e. The number of benzene rings is 2. The van der Waals surface area contributed by atoms with Gasteiger partial charge >= 0.3 is 0 Å². The van der Waals surface area contributed by atoms with Crippen molar-refractivity contribution in [1.82, 2.24) is 34.9 Å². The quantitative estimate of drug-likeness (QED) is 0.418. The molecule has 0 N–H and O–H groups in total. The van der Waals surface area contributed by atoms with Gasteiger partial charge in [-0.15, -0.1) is 5.10 Å². The van der Waals surface area contributed by atoms with Gasteiger partial charge in [0.2, 0.25) is 0 Å². The van der Waals surface area contributed by atoms with Crippen molar-refractivity contribution in [2.75, 3.05) is 20.8 Å². The summed E-state index contributed by atoms with van der Waals surface area (Å²) in [4.78, 5) is 2.39. The van der Waals surface area contributed by atoms with Gasteiger partial charge in [-0.1, -0.05) is 32.0 Å². The Balaban J connectivity index is 1.60. The molecule has 2 aromatic heterocycles. The molecule has 1 unspecified atom stereocenters. The molecule has 0 saturated carbocycles. The van der Waals surface area contributed by atoms with Crippen LogP contribution in [0.25, 0.3) is 5.69 Å². The standard InChI is InChI=1S/C25H29N7O2/c1-17(2)23-21(16-32(27-23)19-8-6-5-7-9-19)24-25-26-28-29-31(25)13-12-30(24)15-18-14-20(33-3)10-11-22(18)34-4/h5-11,14,16-17,24H,12-13,15H2,1-4H3. The zero-order valence-corrected chi connectivity index (χ0v) is 19.9. The van der Waals surface area contributed by atoms with Crippen LogP contribution in [0.3, 0.4) is 0 Å². The molecule has 0 bridgehead atoms. The second-order valence-electron chi connectivity index (χ2n) is 8.72. The summed E-state index contributed by atoms with van der Waals surface area (Å²) in [6, 6.07) is 15.9. The largest absolute Gasteiger partial charge is 0.497 e. The third-order valence-corrected chi connectivity index (χ3v) is 6.26. The molecule has 0 saturated heterocycles. The summed E-state index contributed by atoms with van der Waals surface area (Å²) in [5, 5.41) is 17.6. The van der Waals surface area contributed by atoms with Crippen LogP contribution in [0.5, 0.6) is 11.5 Å². The Kier molecular flexibility index (Phi) is 6.02. The van der Waals surface area contributed by atoms with Gasteiger partial charge in [-0.2, -0.15) is 5.10 Å². The van der Waals surface area contributed by atoms with Crippen molar-refractivity contribution < 1.29 is 9.47 Å². The maximum absolute atomic E-state index is 5.66. The number of hydrogen-bond acceptors (Lipinski definition) is 7. The first-order valence-corrected chi connectivity index (χ1v) is 11.4. The van der Waals surface area contributed by atoms with E-state index in [9.17, 15) is 0 Å². The van der Waals surface area contributed by atoms with Gasteiger partial charge in [0.05, 0.1) is 32.1 Å². The van der Waals surface area contributed by atoms with E-state index in [0.29, 0.717) is 6.54 Å². The van der Waals surface area contributed by atoms with Gasteiger partial charge < -0.3 is 9.47 Å². The highest BCUT2D eigenvalue weighted by Gasteiger charge is 2.36. The molecule has 0 amide bonds. The maximum atomic E-state index is 5.66. The fourth-order valence-corrected chi connectivity index (χ4v) is 4.59. The molecular weight excluding hydrogens is 430 g/mol. The Labute approximate surface area is 198 Å². The van der Waals surface area contributed by atoms with Crippen LogP contribution in [0.4, 0.5) is 0 Å². The summed E-state index contributed by atoms with van der Waals surface area (Å²) in [6.07, 6.45) is 2.12. The van der Waals surface area contributed by atoms with Gasteiger partial charge in [0.1, 0.15) is 17.5 Å². The van der Waals surface area contributed by atoms with Gasteiger partial charge in [0, 0.05) is 30.4 Å². The smallest absolute Gasteiger partial charge is 0.173 e. The Hall–Kier alpha value is -3.72. The Morgan fingerprint density at radius 3 is 2.59 bits per heavy atom. The van der Waals surface area contributed by atoms with Gasteiger partial charge in [-0.25, -0.2) is 9.36 Å². The van der Waals surface area contributed by atoms with Gasteiger partial charge in [-0.05, 0) is 46.7 Å². The molecule has 1 aliphatic heterocycles. The van der Waals surface area contributed by atoms with Crippen LogP contribution in [0.2, 0.25) is 0 Å². The summed E-state index contributed by atoms with van der Waals surface area (Å²) in [6.45, 7) is 6.50. The summed E-state index contributed by atoms with van der Waals surface area (Å²) in [5.74, 6) is 2.68. The number of aromatic nitrogens is 6. The van der Waals surface area contributed by atoms with Gasteiger partial charge in [0.15, 0.2) is 5.82 Å². The molecule has 1 atom stereocenters. The van der Waals surface area contributed by atoms with Crippen molar-refractivity contribution >= 4 is 0 Å². The van der Waals surface area contributed by atoms with Crippen molar-refractivity contribution in [1.29, 1.82) is 0 Å². The third kappa shape index (κ3) is 4.03. The molecule has 0 aliphatic carbocycles. The zero-order chi connectivity index (χ0) is 23.7. The molecule has 5 rings (SSSR count). The topological polar surface area (TPSA) is 83.1 Å². The van der Waals surface area contributed by atoms with Crippen LogP contribution in [-0.4, -0.2) is 55.7 Å². The average molecular weight is 460 g/mol. The second kappa shape index (κ2) is 9.26. The number of hydrogen-bond donors (Lipinski definition) is 0. The lowest BCUT2D eigenvalue weighted by molar-refractivity contribution is 0.161. The molecular formula is C25H29N7O2. The first kappa shape index (κ1) is 22.1. The van der Waals surface area contributed by atoms with Crippen molar-refractivity contribution in [3.05, 3.63) is 77.4 Å². The van der Waals surface area contributed by atoms with Crippen LogP contribution in [-0.2, 0) is 13.1 Å². The molecule has 0 radical (unpaired) electrons. The van der Waals surface area contributed by atoms with Gasteiger partial charge in [-0.3, -0.25) is 4.90 Å². The van der Waals surface area contributed by atoms with Crippen LogP contribution >= 0.6 is 0 Å². The van der Waals surface area contributed by atoms with Crippen LogP contribution < -0.4 is 9.47 Å². The number of tetrazole rings is 1. The first-order valence-electron chi connectivity index (χ1n) is 11.4. The van der Waals surface area contributed by atoms with Crippen molar-refractivity contribution in [2.24, 2.45) is 0 Å². The number of nitrogens with zero attached hydrogens (tertiary/aromatic N) is 7. The van der Waals surface area contributed by atoms with E-state index in [4.69, 9.17) is 14.6 Å². The maximum Gasteiger partial charge on any atom is 0.173 e. The minimum absolute atomic E-state index is 0.144. The highest BCUT2D eigenvalue weighted by Crippen LogP contribution is 2.37. The fraction of sp³-hybridized carbons (Fsp3) is 0.360. The molecule has 4 aromatic rings. The van der Waals surface area contributed by atoms with E-state index >= 15 is 0 Å². The molecule has 0 spiro atoms. The van der Waals surface area contributed by atoms with E-state index in [0.717, 1.165) is 52.9 Å². The van der Waals surface area contributed by atoms with Crippen molar-refractivity contribution in [3.8, 4) is 17.2 Å². The summed E-state index contributed by atoms with van der Waals surface area (Å²) in [7, 11) is 3.37. The highest BCUT2D eigenvalue weighted by atomic mass is 16.5. The normalized spacial score (nSPS) is 16.0. The highest BCUT2D eigenvalue weighted by molar-refractivity contribution is 5.41. The number of ether oxygens (including phenoxy) is 2. The summed E-state index contributed by atoms with van der Waals surface area (Å²) in [5.41, 5.74) is 4.21. The molecule has 9 nitrogen and oxygen atoms in total. The molecule has 3 heterocycles. The molecule has 1 aliphatic rings. The average Bonchev–Trinajstić information content (AvgIpc) is 3.52. The SMILES string of the molecule is COc1ccc(OC)c(CN2CCn3nnnc3C2c2cn(-c3ccccc3)nc2C(C)C)c1. The predicted molar refractivity (Wildman–Crippen MR) is 127 cm³/mol. The van der Waals surface area contributed by atoms with E-state index in [1.165, 1.54) is 0 Å². The summed E-state index contributed by atoms with van der Waals surface area (Å²) >= 11 is 0. The second-order valence-corrected chi connectivity index (χ2v) is 8.72. The molecule has 9 heteroatoms. The van der Waals surface area contributed by atoms with E-state index in [1.807, 2.05) is 45.8 Å².